The van der Waals surface area contributed by atoms with Crippen molar-refractivity contribution in [2.75, 3.05) is 14.2 Å². The molecule has 5 heteroatoms. The van der Waals surface area contributed by atoms with Crippen molar-refractivity contribution in [1.82, 2.24) is 0 Å². The van der Waals surface area contributed by atoms with Gasteiger partial charge in [0.2, 0.25) is 0 Å². The summed E-state index contributed by atoms with van der Waals surface area (Å²) in [5, 5.41) is 0.539. The molecule has 1 saturated carbocycles. The van der Waals surface area contributed by atoms with E-state index in [-0.39, 0.29) is 5.92 Å². The zero-order chi connectivity index (χ0) is 13.3. The second kappa shape index (κ2) is 4.61. The summed E-state index contributed by atoms with van der Waals surface area (Å²) in [5.41, 5.74) is -0.455. The van der Waals surface area contributed by atoms with Crippen molar-refractivity contribution >= 4 is 23.5 Å². The van der Waals surface area contributed by atoms with E-state index < -0.39 is 17.4 Å². The van der Waals surface area contributed by atoms with E-state index in [0.717, 1.165) is 5.56 Å². The van der Waals surface area contributed by atoms with Crippen LogP contribution in [-0.4, -0.2) is 26.2 Å². The highest BCUT2D eigenvalue weighted by Crippen LogP contribution is 2.61. The molecule has 1 fully saturated rings. The zero-order valence-corrected chi connectivity index (χ0v) is 10.9. The molecule has 1 unspecified atom stereocenters. The molecule has 1 aliphatic carbocycles. The minimum atomic E-state index is -1.23. The lowest BCUT2D eigenvalue weighted by Gasteiger charge is -2.13. The highest BCUT2D eigenvalue weighted by molar-refractivity contribution is 6.31. The molecular weight excluding hydrogens is 256 g/mol. The van der Waals surface area contributed by atoms with E-state index in [1.807, 2.05) is 6.07 Å². The number of hydrogen-bond donors (Lipinski definition) is 0. The van der Waals surface area contributed by atoms with Gasteiger partial charge in [-0.15, -0.1) is 0 Å². The molecule has 0 bridgehead atoms. The second-order valence-electron chi connectivity index (χ2n) is 4.23. The van der Waals surface area contributed by atoms with Gasteiger partial charge in [0.1, 0.15) is 0 Å². The monoisotopic (exact) mass is 268 g/mol. The lowest BCUT2D eigenvalue weighted by Crippen LogP contribution is -2.30. The molecule has 0 amide bonds. The SMILES string of the molecule is COC(=O)C1(C(=O)OC)CC1c1ccccc1Cl. The van der Waals surface area contributed by atoms with Gasteiger partial charge in [0.15, 0.2) is 5.41 Å². The van der Waals surface area contributed by atoms with E-state index >= 15 is 0 Å². The number of methoxy groups -OCH3 is 2. The van der Waals surface area contributed by atoms with Gasteiger partial charge in [-0.3, -0.25) is 9.59 Å². The predicted octanol–water partition coefficient (Wildman–Crippen LogP) is 2.16. The Morgan fingerprint density at radius 2 is 1.78 bits per heavy atom. The summed E-state index contributed by atoms with van der Waals surface area (Å²) in [6.07, 6.45) is 0.371. The Morgan fingerprint density at radius 1 is 1.22 bits per heavy atom. The molecule has 1 atom stereocenters. The zero-order valence-electron chi connectivity index (χ0n) is 10.1. The van der Waals surface area contributed by atoms with E-state index in [1.165, 1.54) is 14.2 Å². The molecule has 18 heavy (non-hydrogen) atoms. The van der Waals surface area contributed by atoms with Crippen molar-refractivity contribution in [3.63, 3.8) is 0 Å². The average Bonchev–Trinajstić information content (AvgIpc) is 3.14. The van der Waals surface area contributed by atoms with Crippen molar-refractivity contribution in [2.45, 2.75) is 12.3 Å². The predicted molar refractivity (Wildman–Crippen MR) is 65.3 cm³/mol. The van der Waals surface area contributed by atoms with Crippen molar-refractivity contribution in [1.29, 1.82) is 0 Å². The number of hydrogen-bond acceptors (Lipinski definition) is 4. The largest absolute Gasteiger partial charge is 0.468 e. The van der Waals surface area contributed by atoms with E-state index in [2.05, 4.69) is 0 Å². The van der Waals surface area contributed by atoms with Crippen LogP contribution in [0.3, 0.4) is 0 Å². The Balaban J connectivity index is 2.36. The summed E-state index contributed by atoms with van der Waals surface area (Å²) >= 11 is 6.08. The summed E-state index contributed by atoms with van der Waals surface area (Å²) in [6.45, 7) is 0. The van der Waals surface area contributed by atoms with Gasteiger partial charge >= 0.3 is 11.9 Å². The molecule has 0 spiro atoms. The lowest BCUT2D eigenvalue weighted by atomic mass is 9.99. The first-order chi connectivity index (χ1) is 8.57. The van der Waals surface area contributed by atoms with Gasteiger partial charge in [0.05, 0.1) is 14.2 Å². The third-order valence-corrected chi connectivity index (χ3v) is 3.68. The molecule has 0 aliphatic heterocycles. The number of carbonyl (C=O) groups excluding carboxylic acids is 2. The maximum absolute atomic E-state index is 11.8. The Hall–Kier alpha value is -1.55. The first-order valence-corrected chi connectivity index (χ1v) is 5.87. The van der Waals surface area contributed by atoms with Crippen molar-refractivity contribution in [2.24, 2.45) is 5.41 Å². The topological polar surface area (TPSA) is 52.6 Å². The van der Waals surface area contributed by atoms with E-state index in [9.17, 15) is 9.59 Å². The number of ether oxygens (including phenoxy) is 2. The molecule has 1 aromatic carbocycles. The van der Waals surface area contributed by atoms with Gasteiger partial charge in [-0.25, -0.2) is 0 Å². The molecule has 96 valence electrons. The highest BCUT2D eigenvalue weighted by Gasteiger charge is 2.68. The molecule has 0 heterocycles. The van der Waals surface area contributed by atoms with Crippen LogP contribution in [0.15, 0.2) is 24.3 Å². The lowest BCUT2D eigenvalue weighted by molar-refractivity contribution is -0.161. The van der Waals surface area contributed by atoms with Gasteiger partial charge in [-0.05, 0) is 18.1 Å². The molecule has 0 N–H and O–H groups in total. The minimum absolute atomic E-state index is 0.272. The maximum atomic E-state index is 11.8. The van der Waals surface area contributed by atoms with Gasteiger partial charge < -0.3 is 9.47 Å². The number of halogens is 1. The van der Waals surface area contributed by atoms with Crippen LogP contribution in [-0.2, 0) is 19.1 Å². The first kappa shape index (κ1) is 12.9. The fourth-order valence-electron chi connectivity index (χ4n) is 2.29. The van der Waals surface area contributed by atoms with Crippen LogP contribution in [0.25, 0.3) is 0 Å². The Bertz CT molecular complexity index is 482. The average molecular weight is 269 g/mol. The van der Waals surface area contributed by atoms with E-state index in [1.54, 1.807) is 18.2 Å². The number of carbonyl (C=O) groups is 2. The number of esters is 2. The molecule has 4 nitrogen and oxygen atoms in total. The van der Waals surface area contributed by atoms with Crippen LogP contribution < -0.4 is 0 Å². The summed E-state index contributed by atoms with van der Waals surface area (Å²) < 4.78 is 9.42. The molecule has 0 aromatic heterocycles. The van der Waals surface area contributed by atoms with Crippen molar-refractivity contribution in [3.05, 3.63) is 34.9 Å². The Morgan fingerprint density at radius 3 is 2.28 bits per heavy atom. The van der Waals surface area contributed by atoms with Crippen LogP contribution in [0.4, 0.5) is 0 Å². The standard InChI is InChI=1S/C13H13ClO4/c1-17-11(15)13(12(16)18-2)7-9(13)8-5-3-4-6-10(8)14/h3-6,9H,7H2,1-2H3. The number of rotatable bonds is 3. The van der Waals surface area contributed by atoms with Crippen LogP contribution in [0.2, 0.25) is 5.02 Å². The quantitative estimate of drug-likeness (QED) is 0.623. The van der Waals surface area contributed by atoms with E-state index in [4.69, 9.17) is 21.1 Å². The van der Waals surface area contributed by atoms with Gasteiger partial charge in [-0.1, -0.05) is 29.8 Å². The smallest absolute Gasteiger partial charge is 0.323 e. The molecule has 2 rings (SSSR count). The van der Waals surface area contributed by atoms with Gasteiger partial charge in [0, 0.05) is 10.9 Å². The Kier molecular flexibility index (Phi) is 3.30. The third kappa shape index (κ3) is 1.77. The maximum Gasteiger partial charge on any atom is 0.323 e. The summed E-state index contributed by atoms with van der Waals surface area (Å²) in [5.74, 6) is -1.41. The second-order valence-corrected chi connectivity index (χ2v) is 4.64. The van der Waals surface area contributed by atoms with Crippen LogP contribution in [0.1, 0.15) is 17.9 Å². The summed E-state index contributed by atoms with van der Waals surface area (Å²) in [6, 6.07) is 7.15. The highest BCUT2D eigenvalue weighted by atomic mass is 35.5. The fourth-order valence-corrected chi connectivity index (χ4v) is 2.56. The van der Waals surface area contributed by atoms with E-state index in [0.29, 0.717) is 11.4 Å². The summed E-state index contributed by atoms with van der Waals surface area (Å²) in [7, 11) is 2.52. The molecule has 0 radical (unpaired) electrons. The molecule has 1 aromatic rings. The number of benzene rings is 1. The van der Waals surface area contributed by atoms with Crippen LogP contribution >= 0.6 is 11.6 Å². The summed E-state index contributed by atoms with van der Waals surface area (Å²) in [4.78, 5) is 23.7. The van der Waals surface area contributed by atoms with Gasteiger partial charge in [0.25, 0.3) is 0 Å². The van der Waals surface area contributed by atoms with Crippen molar-refractivity contribution in [3.8, 4) is 0 Å². The first-order valence-electron chi connectivity index (χ1n) is 5.49. The van der Waals surface area contributed by atoms with Crippen LogP contribution in [0.5, 0.6) is 0 Å². The third-order valence-electron chi connectivity index (χ3n) is 3.34. The minimum Gasteiger partial charge on any atom is -0.468 e. The molecular formula is C13H13ClO4. The molecule has 1 aliphatic rings. The van der Waals surface area contributed by atoms with Crippen molar-refractivity contribution < 1.29 is 19.1 Å². The van der Waals surface area contributed by atoms with Crippen LogP contribution in [0, 0.1) is 5.41 Å². The fraction of sp³-hybridized carbons (Fsp3) is 0.385. The Labute approximate surface area is 110 Å². The normalized spacial score (nSPS) is 20.1. The van der Waals surface area contributed by atoms with Gasteiger partial charge in [-0.2, -0.15) is 0 Å². The molecule has 0 saturated heterocycles.